The van der Waals surface area contributed by atoms with Gasteiger partial charge >= 0.3 is 0 Å². The van der Waals surface area contributed by atoms with E-state index in [0.29, 0.717) is 6.04 Å². The van der Waals surface area contributed by atoms with Crippen LogP contribution in [0, 0.1) is 5.92 Å². The maximum Gasteiger partial charge on any atom is 0.0951 e. The van der Waals surface area contributed by atoms with Gasteiger partial charge in [0, 0.05) is 24.3 Å². The van der Waals surface area contributed by atoms with Crippen LogP contribution in [0.3, 0.4) is 0 Å². The zero-order valence-corrected chi connectivity index (χ0v) is 12.8. The molecule has 0 bridgehead atoms. The fourth-order valence-electron chi connectivity index (χ4n) is 1.94. The molecule has 0 amide bonds. The Hall–Kier alpha value is -0.830. The molecular weight excluding hydrogens is 222 g/mol. The summed E-state index contributed by atoms with van der Waals surface area (Å²) in [5.74, 6) is 0.770. The molecular formula is C15H29N3. The van der Waals surface area contributed by atoms with Crippen molar-refractivity contribution in [2.75, 3.05) is 0 Å². The highest BCUT2D eigenvalue weighted by Gasteiger charge is 2.13. The quantitative estimate of drug-likeness (QED) is 0.834. The van der Waals surface area contributed by atoms with Gasteiger partial charge in [-0.25, -0.2) is 4.98 Å². The van der Waals surface area contributed by atoms with Crippen molar-refractivity contribution in [3.8, 4) is 0 Å². The third-order valence-electron chi connectivity index (χ3n) is 3.18. The summed E-state index contributed by atoms with van der Waals surface area (Å²) < 4.78 is 2.31. The molecule has 0 saturated carbocycles. The second kappa shape index (κ2) is 6.37. The predicted molar refractivity (Wildman–Crippen MR) is 77.6 cm³/mol. The molecule has 0 aliphatic rings. The molecule has 0 spiro atoms. The number of nitrogens with zero attached hydrogens (tertiary/aromatic N) is 2. The molecule has 0 aliphatic heterocycles. The van der Waals surface area contributed by atoms with E-state index in [1.807, 2.05) is 12.5 Å². The van der Waals surface area contributed by atoms with E-state index in [-0.39, 0.29) is 5.54 Å². The molecule has 1 heterocycles. The van der Waals surface area contributed by atoms with Gasteiger partial charge in [-0.2, -0.15) is 0 Å². The van der Waals surface area contributed by atoms with Crippen molar-refractivity contribution in [2.45, 2.75) is 72.5 Å². The Morgan fingerprint density at radius 1 is 1.22 bits per heavy atom. The minimum Gasteiger partial charge on any atom is -0.331 e. The summed E-state index contributed by atoms with van der Waals surface area (Å²) in [5, 5.41) is 3.52. The standard InChI is InChI=1S/C15H29N3/c1-12(2)7-8-13(3)18-11-16-9-14(18)10-17-15(4,5)6/h9,11-13,17H,7-8,10H2,1-6H3. The van der Waals surface area contributed by atoms with Gasteiger partial charge in [0.25, 0.3) is 0 Å². The Labute approximate surface area is 112 Å². The molecule has 3 nitrogen and oxygen atoms in total. The molecule has 0 radical (unpaired) electrons. The van der Waals surface area contributed by atoms with Crippen LogP contribution in [-0.2, 0) is 6.54 Å². The van der Waals surface area contributed by atoms with Crippen molar-refractivity contribution in [3.63, 3.8) is 0 Å². The fourth-order valence-corrected chi connectivity index (χ4v) is 1.94. The van der Waals surface area contributed by atoms with Crippen molar-refractivity contribution in [1.29, 1.82) is 0 Å². The lowest BCUT2D eigenvalue weighted by molar-refractivity contribution is 0.394. The molecule has 1 aromatic rings. The Morgan fingerprint density at radius 2 is 1.89 bits per heavy atom. The minimum absolute atomic E-state index is 0.149. The van der Waals surface area contributed by atoms with Crippen LogP contribution >= 0.6 is 0 Å². The third-order valence-corrected chi connectivity index (χ3v) is 3.18. The topological polar surface area (TPSA) is 29.9 Å². The summed E-state index contributed by atoms with van der Waals surface area (Å²) in [6.45, 7) is 14.3. The van der Waals surface area contributed by atoms with Crippen LogP contribution in [0.15, 0.2) is 12.5 Å². The van der Waals surface area contributed by atoms with Gasteiger partial charge in [-0.15, -0.1) is 0 Å². The summed E-state index contributed by atoms with van der Waals surface area (Å²) in [6.07, 6.45) is 6.43. The van der Waals surface area contributed by atoms with Gasteiger partial charge in [-0.3, -0.25) is 0 Å². The van der Waals surface area contributed by atoms with Crippen molar-refractivity contribution < 1.29 is 0 Å². The lowest BCUT2D eigenvalue weighted by Crippen LogP contribution is -2.35. The Kier molecular flexibility index (Phi) is 5.39. The first-order valence-corrected chi connectivity index (χ1v) is 7.05. The zero-order chi connectivity index (χ0) is 13.8. The Bertz CT molecular complexity index is 347. The van der Waals surface area contributed by atoms with Gasteiger partial charge in [0.15, 0.2) is 0 Å². The van der Waals surface area contributed by atoms with Crippen molar-refractivity contribution in [1.82, 2.24) is 14.9 Å². The second-order valence-electron chi connectivity index (χ2n) is 6.72. The molecule has 0 fully saturated rings. The van der Waals surface area contributed by atoms with Crippen LogP contribution in [0.2, 0.25) is 0 Å². The Morgan fingerprint density at radius 3 is 2.44 bits per heavy atom. The van der Waals surface area contributed by atoms with E-state index in [4.69, 9.17) is 0 Å². The van der Waals surface area contributed by atoms with E-state index in [2.05, 4.69) is 56.4 Å². The van der Waals surface area contributed by atoms with Crippen molar-refractivity contribution in [2.24, 2.45) is 5.92 Å². The lowest BCUT2D eigenvalue weighted by atomic mass is 10.0. The molecule has 104 valence electrons. The fraction of sp³-hybridized carbons (Fsp3) is 0.800. The first-order chi connectivity index (χ1) is 8.29. The van der Waals surface area contributed by atoms with Crippen LogP contribution in [0.1, 0.15) is 66.1 Å². The van der Waals surface area contributed by atoms with Gasteiger partial charge in [-0.05, 0) is 46.5 Å². The van der Waals surface area contributed by atoms with Crippen molar-refractivity contribution >= 4 is 0 Å². The molecule has 0 saturated heterocycles. The molecule has 0 aromatic carbocycles. The molecule has 1 rings (SSSR count). The average molecular weight is 251 g/mol. The van der Waals surface area contributed by atoms with Gasteiger partial charge in [0.05, 0.1) is 12.0 Å². The third kappa shape index (κ3) is 5.21. The number of imidazole rings is 1. The molecule has 18 heavy (non-hydrogen) atoms. The van der Waals surface area contributed by atoms with Crippen molar-refractivity contribution in [3.05, 3.63) is 18.2 Å². The predicted octanol–water partition coefficient (Wildman–Crippen LogP) is 3.77. The first kappa shape index (κ1) is 15.2. The molecule has 1 atom stereocenters. The highest BCUT2D eigenvalue weighted by Crippen LogP contribution is 2.19. The van der Waals surface area contributed by atoms with Crippen LogP contribution in [0.5, 0.6) is 0 Å². The molecule has 1 unspecified atom stereocenters. The van der Waals surface area contributed by atoms with Gasteiger partial charge < -0.3 is 9.88 Å². The largest absolute Gasteiger partial charge is 0.331 e. The van der Waals surface area contributed by atoms with E-state index in [9.17, 15) is 0 Å². The smallest absolute Gasteiger partial charge is 0.0951 e. The van der Waals surface area contributed by atoms with Gasteiger partial charge in [-0.1, -0.05) is 13.8 Å². The molecule has 3 heteroatoms. The zero-order valence-electron chi connectivity index (χ0n) is 12.8. The number of nitrogens with one attached hydrogen (secondary N) is 1. The van der Waals surface area contributed by atoms with Crippen LogP contribution in [0.25, 0.3) is 0 Å². The van der Waals surface area contributed by atoms with Gasteiger partial charge in [0.2, 0.25) is 0 Å². The van der Waals surface area contributed by atoms with Crippen LogP contribution in [-0.4, -0.2) is 15.1 Å². The van der Waals surface area contributed by atoms with E-state index < -0.39 is 0 Å². The van der Waals surface area contributed by atoms with Crippen LogP contribution in [0.4, 0.5) is 0 Å². The maximum absolute atomic E-state index is 4.29. The van der Waals surface area contributed by atoms with E-state index >= 15 is 0 Å². The summed E-state index contributed by atoms with van der Waals surface area (Å²) in [5.41, 5.74) is 1.43. The lowest BCUT2D eigenvalue weighted by Gasteiger charge is -2.23. The Balaban J connectivity index is 2.58. The molecule has 0 aliphatic carbocycles. The SMILES string of the molecule is CC(C)CCC(C)n1cncc1CNC(C)(C)C. The van der Waals surface area contributed by atoms with E-state index in [0.717, 1.165) is 12.5 Å². The number of aromatic nitrogens is 2. The molecule has 1 aromatic heterocycles. The normalized spacial score (nSPS) is 14.2. The highest BCUT2D eigenvalue weighted by molar-refractivity contribution is 5.00. The summed E-state index contributed by atoms with van der Waals surface area (Å²) in [4.78, 5) is 4.29. The first-order valence-electron chi connectivity index (χ1n) is 7.05. The highest BCUT2D eigenvalue weighted by atomic mass is 15.1. The summed E-state index contributed by atoms with van der Waals surface area (Å²) in [7, 11) is 0. The molecule has 1 N–H and O–H groups in total. The summed E-state index contributed by atoms with van der Waals surface area (Å²) >= 11 is 0. The van der Waals surface area contributed by atoms with E-state index in [1.165, 1.54) is 18.5 Å². The monoisotopic (exact) mass is 251 g/mol. The minimum atomic E-state index is 0.149. The van der Waals surface area contributed by atoms with E-state index in [1.54, 1.807) is 0 Å². The maximum atomic E-state index is 4.29. The average Bonchev–Trinajstić information content (AvgIpc) is 2.70. The number of hydrogen-bond acceptors (Lipinski definition) is 2. The van der Waals surface area contributed by atoms with Crippen LogP contribution < -0.4 is 5.32 Å². The number of rotatable bonds is 6. The second-order valence-corrected chi connectivity index (χ2v) is 6.72. The van der Waals surface area contributed by atoms with Gasteiger partial charge in [0.1, 0.15) is 0 Å². The number of hydrogen-bond donors (Lipinski definition) is 1. The summed E-state index contributed by atoms with van der Waals surface area (Å²) in [6, 6.07) is 0.534.